The molecule has 17 heavy (non-hydrogen) atoms. The Morgan fingerprint density at radius 3 is 1.76 bits per heavy atom. The summed E-state index contributed by atoms with van der Waals surface area (Å²) in [4.78, 5) is 47.1. The zero-order valence-electron chi connectivity index (χ0n) is 9.77. The monoisotopic (exact) mass is 252 g/mol. The molecule has 0 amide bonds. The molecule has 1 heterocycles. The van der Waals surface area contributed by atoms with Crippen molar-refractivity contribution in [2.75, 3.05) is 0 Å². The van der Waals surface area contributed by atoms with Crippen molar-refractivity contribution in [3.8, 4) is 0 Å². The zero-order valence-corrected chi connectivity index (χ0v) is 10.8. The van der Waals surface area contributed by atoms with E-state index in [0.29, 0.717) is 0 Å². The number of carbonyl (C=O) groups is 4. The van der Waals surface area contributed by atoms with E-state index in [1.165, 1.54) is 18.4 Å². The second-order valence-electron chi connectivity index (χ2n) is 3.72. The van der Waals surface area contributed by atoms with Crippen molar-refractivity contribution < 1.29 is 23.6 Å². The third kappa shape index (κ3) is 1.91. The minimum atomic E-state index is -3.98. The maximum Gasteiger partial charge on any atom is 0.356 e. The summed E-state index contributed by atoms with van der Waals surface area (Å²) in [5, 5.41) is -2.73. The van der Waals surface area contributed by atoms with Crippen LogP contribution in [0.5, 0.6) is 0 Å². The predicted octanol–water partition coefficient (Wildman–Crippen LogP) is 0.835. The first-order valence-corrected chi connectivity index (χ1v) is 6.96. The van der Waals surface area contributed by atoms with Crippen LogP contribution in [-0.2, 0) is 14.4 Å². The van der Waals surface area contributed by atoms with Crippen molar-refractivity contribution >= 4 is 29.7 Å². The van der Waals surface area contributed by atoms with E-state index in [2.05, 4.69) is 0 Å². The smallest absolute Gasteiger partial charge is 0.356 e. The highest BCUT2D eigenvalue weighted by Crippen LogP contribution is 2.16. The van der Waals surface area contributed by atoms with Gasteiger partial charge < -0.3 is 18.8 Å². The number of rotatable bonds is 5. The lowest BCUT2D eigenvalue weighted by Crippen LogP contribution is -2.63. The van der Waals surface area contributed by atoms with Gasteiger partial charge in [0.1, 0.15) is 16.2 Å². The summed E-state index contributed by atoms with van der Waals surface area (Å²) in [5.41, 5.74) is 0. The van der Waals surface area contributed by atoms with Gasteiger partial charge in [-0.15, -0.1) is 0 Å². The maximum absolute atomic E-state index is 12.2. The molecule has 0 saturated carbocycles. The second kappa shape index (κ2) is 4.58. The Balaban J connectivity index is 3.44. The summed E-state index contributed by atoms with van der Waals surface area (Å²) in [5.74, 6) is -0.114. The molecule has 0 saturated heterocycles. The van der Waals surface area contributed by atoms with Gasteiger partial charge in [0.15, 0.2) is 5.76 Å². The average molecular weight is 252 g/mol. The van der Waals surface area contributed by atoms with Crippen LogP contribution in [0, 0.1) is 0 Å². The van der Waals surface area contributed by atoms with Crippen molar-refractivity contribution in [2.24, 2.45) is 0 Å². The molecule has 0 aromatic carbocycles. The Morgan fingerprint density at radius 1 is 1.00 bits per heavy atom. The number of carbonyl (C=O) groups excluding carboxylic acids is 4. The van der Waals surface area contributed by atoms with E-state index >= 15 is 0 Å². The first-order chi connectivity index (χ1) is 7.85. The molecule has 0 atom stereocenters. The van der Waals surface area contributed by atoms with E-state index < -0.39 is 29.7 Å². The Hall–Kier alpha value is -1.82. The third-order valence-electron chi connectivity index (χ3n) is 2.67. The average Bonchev–Trinajstić information content (AvgIpc) is 2.68. The molecule has 0 unspecified atom stereocenters. The quantitative estimate of drug-likeness (QED) is 0.725. The topological polar surface area (TPSA) is 81.4 Å². The highest BCUT2D eigenvalue weighted by atomic mass is 28.3. The highest BCUT2D eigenvalue weighted by molar-refractivity contribution is 7.54. The fraction of sp³-hybridized carbons (Fsp3) is 0.273. The molecule has 90 valence electrons. The number of hydrogen-bond acceptors (Lipinski definition) is 5. The first-order valence-electron chi connectivity index (χ1n) is 4.96. The molecule has 0 aliphatic heterocycles. The van der Waals surface area contributed by atoms with Crippen LogP contribution in [0.4, 0.5) is 0 Å². The molecule has 0 fully saturated rings. The van der Waals surface area contributed by atoms with Gasteiger partial charge >= 0.3 is 8.07 Å². The fourth-order valence-electron chi connectivity index (χ4n) is 1.82. The Morgan fingerprint density at radius 2 is 1.47 bits per heavy atom. The third-order valence-corrected chi connectivity index (χ3v) is 6.77. The van der Waals surface area contributed by atoms with Crippen molar-refractivity contribution in [2.45, 2.75) is 20.8 Å². The highest BCUT2D eigenvalue weighted by Gasteiger charge is 2.57. The van der Waals surface area contributed by atoms with Gasteiger partial charge in [0.2, 0.25) is 5.41 Å². The molecule has 0 aliphatic rings. The van der Waals surface area contributed by atoms with Crippen LogP contribution < -0.4 is 0 Å². The van der Waals surface area contributed by atoms with Crippen LogP contribution in [0.1, 0.15) is 31.3 Å². The van der Waals surface area contributed by atoms with E-state index in [-0.39, 0.29) is 5.76 Å². The van der Waals surface area contributed by atoms with Gasteiger partial charge in [0, 0.05) is 0 Å². The summed E-state index contributed by atoms with van der Waals surface area (Å²) in [7, 11) is -3.98. The molecular weight excluding hydrogens is 240 g/mol. The van der Waals surface area contributed by atoms with Gasteiger partial charge in [0.05, 0.1) is 6.26 Å². The van der Waals surface area contributed by atoms with E-state index in [1.54, 1.807) is 0 Å². The van der Waals surface area contributed by atoms with Crippen LogP contribution in [-0.4, -0.2) is 29.7 Å². The molecule has 6 heteroatoms. The number of furan rings is 1. The van der Waals surface area contributed by atoms with Crippen LogP contribution in [0.15, 0.2) is 22.8 Å². The lowest BCUT2D eigenvalue weighted by molar-refractivity contribution is -0.117. The molecule has 1 aromatic heterocycles. The van der Waals surface area contributed by atoms with Crippen molar-refractivity contribution in [1.29, 1.82) is 0 Å². The Labute approximate surface area is 98.8 Å². The predicted molar refractivity (Wildman–Crippen MR) is 60.8 cm³/mol. The Kier molecular flexibility index (Phi) is 3.57. The zero-order chi connectivity index (χ0) is 13.2. The maximum atomic E-state index is 12.2. The van der Waals surface area contributed by atoms with Crippen LogP contribution >= 0.6 is 0 Å². The molecule has 0 aliphatic carbocycles. The summed E-state index contributed by atoms with van der Waals surface area (Å²) < 4.78 is 4.88. The molecule has 1 rings (SSSR count). The van der Waals surface area contributed by atoms with Gasteiger partial charge in [0.25, 0.3) is 0 Å². The van der Waals surface area contributed by atoms with Crippen molar-refractivity contribution in [1.82, 2.24) is 0 Å². The molecule has 0 radical (unpaired) electrons. The largest absolute Gasteiger partial charge is 0.462 e. The molecular formula is C11H12O5Si. The standard InChI is InChI=1S/C11H12O5Si/c1-7(12)17(8(2)13,9(3)14)11(15)10-5-4-6-16-10/h4-6H,1-3H3. The normalized spacial score (nSPS) is 11.0. The van der Waals surface area contributed by atoms with Crippen molar-refractivity contribution in [3.63, 3.8) is 0 Å². The van der Waals surface area contributed by atoms with Gasteiger partial charge in [-0.2, -0.15) is 0 Å². The van der Waals surface area contributed by atoms with E-state index in [0.717, 1.165) is 20.8 Å². The van der Waals surface area contributed by atoms with Gasteiger partial charge in [-0.25, -0.2) is 0 Å². The molecule has 5 nitrogen and oxygen atoms in total. The summed E-state index contributed by atoms with van der Waals surface area (Å²) in [6.45, 7) is 3.32. The number of hydrogen-bond donors (Lipinski definition) is 0. The van der Waals surface area contributed by atoms with Gasteiger partial charge in [-0.05, 0) is 32.9 Å². The second-order valence-corrected chi connectivity index (χ2v) is 7.79. The summed E-state index contributed by atoms with van der Waals surface area (Å²) in [6, 6.07) is 2.81. The summed E-state index contributed by atoms with van der Waals surface area (Å²) in [6.07, 6.45) is 1.26. The SMILES string of the molecule is CC(=O)[Si](C(C)=O)(C(C)=O)C(=O)c1ccco1. The minimum Gasteiger partial charge on any atom is -0.462 e. The Bertz CT molecular complexity index is 450. The van der Waals surface area contributed by atoms with Gasteiger partial charge in [-0.3, -0.25) is 4.79 Å². The van der Waals surface area contributed by atoms with Crippen LogP contribution in [0.2, 0.25) is 0 Å². The van der Waals surface area contributed by atoms with E-state index in [1.807, 2.05) is 0 Å². The summed E-state index contributed by atoms with van der Waals surface area (Å²) >= 11 is 0. The lowest BCUT2D eigenvalue weighted by Gasteiger charge is -2.19. The fourth-order valence-corrected chi connectivity index (χ4v) is 4.77. The van der Waals surface area contributed by atoms with E-state index in [4.69, 9.17) is 4.42 Å². The molecule has 1 aromatic rings. The first kappa shape index (κ1) is 13.2. The molecule has 0 spiro atoms. The van der Waals surface area contributed by atoms with Crippen LogP contribution in [0.25, 0.3) is 0 Å². The minimum absolute atomic E-state index is 0.114. The van der Waals surface area contributed by atoms with E-state index in [9.17, 15) is 19.2 Å². The lowest BCUT2D eigenvalue weighted by atomic mass is 10.5. The molecule has 0 bridgehead atoms. The van der Waals surface area contributed by atoms with Crippen molar-refractivity contribution in [3.05, 3.63) is 24.2 Å². The molecule has 0 N–H and O–H groups in total. The van der Waals surface area contributed by atoms with Crippen LogP contribution in [0.3, 0.4) is 0 Å². The van der Waals surface area contributed by atoms with Gasteiger partial charge in [-0.1, -0.05) is 0 Å².